The highest BCUT2D eigenvalue weighted by molar-refractivity contribution is 7.99. The molecule has 0 aliphatic rings. The molecule has 0 aliphatic heterocycles. The molecule has 2 N–H and O–H groups in total. The topological polar surface area (TPSA) is 66.4 Å². The normalized spacial score (nSPS) is 12.0. The van der Waals surface area contributed by atoms with E-state index in [1.165, 1.54) is 0 Å². The van der Waals surface area contributed by atoms with Crippen molar-refractivity contribution in [1.29, 1.82) is 0 Å². The smallest absolute Gasteiger partial charge is 0.311 e. The van der Waals surface area contributed by atoms with Gasteiger partial charge in [-0.25, -0.2) is 0 Å². The molecule has 0 unspecified atom stereocenters. The fourth-order valence-corrected chi connectivity index (χ4v) is 2.49. The van der Waals surface area contributed by atoms with Gasteiger partial charge < -0.3 is 10.4 Å². The number of rotatable bonds is 7. The number of hydrogen-bond acceptors (Lipinski definition) is 3. The van der Waals surface area contributed by atoms with Crippen molar-refractivity contribution in [2.75, 3.05) is 5.75 Å². The predicted molar refractivity (Wildman–Crippen MR) is 85.4 cm³/mol. The maximum Gasteiger partial charge on any atom is 0.311 e. The summed E-state index contributed by atoms with van der Waals surface area (Å²) in [7, 11) is 0. The summed E-state index contributed by atoms with van der Waals surface area (Å²) >= 11 is 1.61. The number of hydrogen-bond donors (Lipinski definition) is 2. The van der Waals surface area contributed by atoms with Crippen molar-refractivity contribution in [3.8, 4) is 0 Å². The van der Waals surface area contributed by atoms with Crippen molar-refractivity contribution in [2.45, 2.75) is 44.6 Å². The van der Waals surface area contributed by atoms with Crippen LogP contribution in [-0.2, 0) is 9.59 Å². The summed E-state index contributed by atoms with van der Waals surface area (Å²) in [5.74, 6) is -0.386. The summed E-state index contributed by atoms with van der Waals surface area (Å²) in [5, 5.41) is 12.1. The largest absolute Gasteiger partial charge is 0.481 e. The number of carboxylic acids is 1. The van der Waals surface area contributed by atoms with Crippen molar-refractivity contribution in [3.63, 3.8) is 0 Å². The number of amides is 1. The average molecular weight is 309 g/mol. The van der Waals surface area contributed by atoms with E-state index < -0.39 is 16.9 Å². The number of aliphatic carboxylic acids is 1. The zero-order valence-corrected chi connectivity index (χ0v) is 13.8. The predicted octanol–water partition coefficient (Wildman–Crippen LogP) is 3.17. The Morgan fingerprint density at radius 3 is 2.24 bits per heavy atom. The zero-order valence-electron chi connectivity index (χ0n) is 13.0. The average Bonchev–Trinajstić information content (AvgIpc) is 2.38. The fraction of sp³-hybridized carbons (Fsp3) is 0.500. The second-order valence-corrected chi connectivity index (χ2v) is 7.18. The quantitative estimate of drug-likeness (QED) is 0.759. The van der Waals surface area contributed by atoms with Gasteiger partial charge in [-0.3, -0.25) is 9.59 Å². The molecule has 1 amide bonds. The molecule has 1 aromatic carbocycles. The zero-order chi connectivity index (χ0) is 16.1. The first-order valence-electron chi connectivity index (χ1n) is 6.89. The second-order valence-electron chi connectivity index (χ2n) is 6.01. The molecule has 1 rings (SSSR count). The molecular formula is C16H23NO3S. The van der Waals surface area contributed by atoms with Crippen molar-refractivity contribution in [3.05, 3.63) is 30.3 Å². The van der Waals surface area contributed by atoms with Gasteiger partial charge in [0.15, 0.2) is 0 Å². The van der Waals surface area contributed by atoms with E-state index in [0.29, 0.717) is 12.2 Å². The van der Waals surface area contributed by atoms with Gasteiger partial charge in [0.2, 0.25) is 5.91 Å². The van der Waals surface area contributed by atoms with Crippen LogP contribution in [0, 0.1) is 5.41 Å². The first-order valence-corrected chi connectivity index (χ1v) is 7.87. The van der Waals surface area contributed by atoms with Crippen LogP contribution in [0.2, 0.25) is 0 Å². The van der Waals surface area contributed by atoms with Gasteiger partial charge in [0.05, 0.1) is 5.41 Å². The number of carboxylic acid groups (broad SMARTS) is 1. The van der Waals surface area contributed by atoms with Crippen LogP contribution in [-0.4, -0.2) is 28.3 Å². The maximum absolute atomic E-state index is 12.0. The molecule has 0 heterocycles. The molecule has 0 aromatic heterocycles. The van der Waals surface area contributed by atoms with E-state index in [-0.39, 0.29) is 5.91 Å². The lowest BCUT2D eigenvalue weighted by Crippen LogP contribution is -2.57. The van der Waals surface area contributed by atoms with Crippen molar-refractivity contribution in [2.24, 2.45) is 5.41 Å². The minimum absolute atomic E-state index is 0.127. The van der Waals surface area contributed by atoms with Gasteiger partial charge in [-0.15, -0.1) is 11.8 Å². The molecule has 1 aromatic rings. The van der Waals surface area contributed by atoms with Gasteiger partial charge in [-0.05, 0) is 39.8 Å². The molecule has 0 spiro atoms. The summed E-state index contributed by atoms with van der Waals surface area (Å²) in [6.45, 7) is 6.72. The van der Waals surface area contributed by atoms with Crippen LogP contribution in [0.5, 0.6) is 0 Å². The summed E-state index contributed by atoms with van der Waals surface area (Å²) < 4.78 is 0. The summed E-state index contributed by atoms with van der Waals surface area (Å²) in [6, 6.07) is 9.87. The van der Waals surface area contributed by atoms with E-state index in [1.54, 1.807) is 39.5 Å². The molecule has 0 aliphatic carbocycles. The lowest BCUT2D eigenvalue weighted by molar-refractivity contribution is -0.151. The lowest BCUT2D eigenvalue weighted by Gasteiger charge is -2.38. The van der Waals surface area contributed by atoms with Crippen molar-refractivity contribution in [1.82, 2.24) is 5.32 Å². The molecule has 4 nitrogen and oxygen atoms in total. The number of benzene rings is 1. The summed E-state index contributed by atoms with van der Waals surface area (Å²) in [5.41, 5.74) is -1.84. The third-order valence-electron chi connectivity index (χ3n) is 3.89. The minimum Gasteiger partial charge on any atom is -0.481 e. The molecule has 5 heteroatoms. The molecule has 0 atom stereocenters. The van der Waals surface area contributed by atoms with Crippen molar-refractivity contribution < 1.29 is 14.7 Å². The van der Waals surface area contributed by atoms with Gasteiger partial charge >= 0.3 is 5.97 Å². The monoisotopic (exact) mass is 309 g/mol. The SMILES string of the molecule is CC(C)(NC(=O)CCSc1ccccc1)C(C)(C)C(=O)O. The van der Waals surface area contributed by atoms with Crippen LogP contribution in [0.3, 0.4) is 0 Å². The Hall–Kier alpha value is -1.49. The van der Waals surface area contributed by atoms with Crippen LogP contribution in [0.25, 0.3) is 0 Å². The van der Waals surface area contributed by atoms with Crippen LogP contribution >= 0.6 is 11.8 Å². The standard InChI is InChI=1S/C16H23NO3S/c1-15(2,14(19)20)16(3,4)17-13(18)10-11-21-12-8-6-5-7-9-12/h5-9H,10-11H2,1-4H3,(H,17,18)(H,19,20). The molecule has 0 bridgehead atoms. The molecule has 0 saturated heterocycles. The molecule has 21 heavy (non-hydrogen) atoms. The second kappa shape index (κ2) is 6.98. The highest BCUT2D eigenvalue weighted by Gasteiger charge is 2.44. The van der Waals surface area contributed by atoms with Gasteiger partial charge in [0.1, 0.15) is 0 Å². The Labute approximate surface area is 130 Å². The van der Waals surface area contributed by atoms with E-state index in [1.807, 2.05) is 30.3 Å². The van der Waals surface area contributed by atoms with E-state index in [9.17, 15) is 14.7 Å². The molecule has 0 fully saturated rings. The third kappa shape index (κ3) is 4.77. The minimum atomic E-state index is -1.03. The van der Waals surface area contributed by atoms with Crippen molar-refractivity contribution >= 4 is 23.6 Å². The highest BCUT2D eigenvalue weighted by atomic mass is 32.2. The molecular weight excluding hydrogens is 286 g/mol. The Morgan fingerprint density at radius 1 is 1.14 bits per heavy atom. The van der Waals surface area contributed by atoms with E-state index >= 15 is 0 Å². The fourth-order valence-electron chi connectivity index (χ4n) is 1.61. The van der Waals surface area contributed by atoms with E-state index in [2.05, 4.69) is 5.32 Å². The van der Waals surface area contributed by atoms with Crippen LogP contribution in [0.1, 0.15) is 34.1 Å². The highest BCUT2D eigenvalue weighted by Crippen LogP contribution is 2.30. The van der Waals surface area contributed by atoms with Crippen LogP contribution in [0.4, 0.5) is 0 Å². The molecule has 116 valence electrons. The van der Waals surface area contributed by atoms with Crippen LogP contribution in [0.15, 0.2) is 35.2 Å². The lowest BCUT2D eigenvalue weighted by atomic mass is 9.74. The number of carbonyl (C=O) groups excluding carboxylic acids is 1. The first-order chi connectivity index (χ1) is 9.67. The number of carbonyl (C=O) groups is 2. The Morgan fingerprint density at radius 2 is 1.71 bits per heavy atom. The van der Waals surface area contributed by atoms with E-state index in [4.69, 9.17) is 0 Å². The first kappa shape index (κ1) is 17.6. The number of thioether (sulfide) groups is 1. The summed E-state index contributed by atoms with van der Waals surface area (Å²) in [4.78, 5) is 24.4. The van der Waals surface area contributed by atoms with E-state index in [0.717, 1.165) is 4.90 Å². The Bertz CT molecular complexity index is 498. The maximum atomic E-state index is 12.0. The Balaban J connectivity index is 2.48. The van der Waals surface area contributed by atoms with Crippen LogP contribution < -0.4 is 5.32 Å². The van der Waals surface area contributed by atoms with Gasteiger partial charge in [-0.1, -0.05) is 18.2 Å². The number of nitrogens with one attached hydrogen (secondary N) is 1. The van der Waals surface area contributed by atoms with Gasteiger partial charge in [0, 0.05) is 22.6 Å². The third-order valence-corrected chi connectivity index (χ3v) is 4.90. The molecule has 0 saturated carbocycles. The molecule has 0 radical (unpaired) electrons. The Kier molecular flexibility index (Phi) is 5.84. The van der Waals surface area contributed by atoms with Gasteiger partial charge in [-0.2, -0.15) is 0 Å². The summed E-state index contributed by atoms with van der Waals surface area (Å²) in [6.07, 6.45) is 0.360. The van der Waals surface area contributed by atoms with Gasteiger partial charge in [0.25, 0.3) is 0 Å².